The van der Waals surface area contributed by atoms with Crippen LogP contribution in [0.25, 0.3) is 0 Å². The van der Waals surface area contributed by atoms with Crippen molar-refractivity contribution in [1.82, 2.24) is 0 Å². The molecule has 0 amide bonds. The normalized spacial score (nSPS) is 10.4. The van der Waals surface area contributed by atoms with Crippen molar-refractivity contribution in [3.63, 3.8) is 0 Å². The van der Waals surface area contributed by atoms with E-state index < -0.39 is 0 Å². The lowest BCUT2D eigenvalue weighted by atomic mass is 10.3. The fourth-order valence-corrected chi connectivity index (χ4v) is 4.12. The molecule has 0 unspecified atom stereocenters. The summed E-state index contributed by atoms with van der Waals surface area (Å²) in [6, 6.07) is 21.3. The van der Waals surface area contributed by atoms with Crippen LogP contribution in [0.4, 0.5) is 11.4 Å². The molecule has 132 valence electrons. The van der Waals surface area contributed by atoms with Crippen LogP contribution >= 0.6 is 63.1 Å². The maximum absolute atomic E-state index is 6.23. The van der Waals surface area contributed by atoms with E-state index in [9.17, 15) is 0 Å². The molecule has 0 radical (unpaired) electrons. The minimum absolute atomic E-state index is 0.471. The molecule has 3 rings (SSSR count). The number of para-hydroxylation sites is 1. The number of hydrogen-bond acceptors (Lipinski definition) is 2. The smallest absolute Gasteiger partial charge is 0.175 e. The van der Waals surface area contributed by atoms with E-state index >= 15 is 0 Å². The minimum Gasteiger partial charge on any atom is -0.332 e. The molecule has 7 heteroatoms. The van der Waals surface area contributed by atoms with Crippen LogP contribution in [-0.4, -0.2) is 5.11 Å². The molecular formula is C19H13BrCl2N2S2. The summed E-state index contributed by atoms with van der Waals surface area (Å²) in [7, 11) is 0. The molecule has 0 aromatic heterocycles. The van der Waals surface area contributed by atoms with Gasteiger partial charge in [-0.25, -0.2) is 0 Å². The van der Waals surface area contributed by atoms with Gasteiger partial charge in [-0.15, -0.1) is 0 Å². The predicted octanol–water partition coefficient (Wildman–Crippen LogP) is 7.72. The predicted molar refractivity (Wildman–Crippen MR) is 121 cm³/mol. The van der Waals surface area contributed by atoms with Crippen molar-refractivity contribution in [2.45, 2.75) is 9.79 Å². The van der Waals surface area contributed by atoms with Crippen LogP contribution in [0.2, 0.25) is 10.0 Å². The lowest BCUT2D eigenvalue weighted by Gasteiger charge is -2.14. The Bertz CT molecular complexity index is 933. The summed E-state index contributed by atoms with van der Waals surface area (Å²) in [5, 5.41) is 8.14. The van der Waals surface area contributed by atoms with Crippen molar-refractivity contribution in [3.05, 3.63) is 81.2 Å². The monoisotopic (exact) mass is 482 g/mol. The number of halogens is 3. The van der Waals surface area contributed by atoms with Gasteiger partial charge in [-0.1, -0.05) is 63.0 Å². The van der Waals surface area contributed by atoms with Crippen LogP contribution in [0.3, 0.4) is 0 Å². The van der Waals surface area contributed by atoms with Gasteiger partial charge >= 0.3 is 0 Å². The largest absolute Gasteiger partial charge is 0.332 e. The SMILES string of the molecule is S=C(Nc1ccc(Br)cc1Cl)Nc1ccccc1Sc1ccc(Cl)cc1. The first-order valence-corrected chi connectivity index (χ1v) is 10.3. The summed E-state index contributed by atoms with van der Waals surface area (Å²) >= 11 is 22.6. The molecule has 0 aliphatic heterocycles. The van der Waals surface area contributed by atoms with Gasteiger partial charge < -0.3 is 10.6 Å². The molecule has 2 N–H and O–H groups in total. The number of thiocarbonyl (C=S) groups is 1. The van der Waals surface area contributed by atoms with E-state index in [0.29, 0.717) is 10.1 Å². The van der Waals surface area contributed by atoms with Crippen molar-refractivity contribution < 1.29 is 0 Å². The first kappa shape index (κ1) is 19.5. The van der Waals surface area contributed by atoms with Gasteiger partial charge in [0.15, 0.2) is 5.11 Å². The highest BCUT2D eigenvalue weighted by Gasteiger charge is 2.08. The number of benzene rings is 3. The highest BCUT2D eigenvalue weighted by atomic mass is 79.9. The minimum atomic E-state index is 0.471. The summed E-state index contributed by atoms with van der Waals surface area (Å²) in [5.41, 5.74) is 1.66. The Morgan fingerprint density at radius 1 is 0.885 bits per heavy atom. The number of hydrogen-bond donors (Lipinski definition) is 2. The molecule has 0 saturated carbocycles. The standard InChI is InChI=1S/C19H13BrCl2N2S2/c20-12-5-10-16(15(22)11-12)23-19(25)24-17-3-1-2-4-18(17)26-14-8-6-13(21)7-9-14/h1-11H,(H2,23,24,25). The molecule has 0 fully saturated rings. The van der Waals surface area contributed by atoms with E-state index in [2.05, 4.69) is 26.6 Å². The summed E-state index contributed by atoms with van der Waals surface area (Å²) in [6.07, 6.45) is 0. The second-order valence-corrected chi connectivity index (χ2v) is 8.54. The van der Waals surface area contributed by atoms with E-state index in [0.717, 1.165) is 30.7 Å². The Hall–Kier alpha value is -1.24. The lowest BCUT2D eigenvalue weighted by molar-refractivity contribution is 1.40. The summed E-state index contributed by atoms with van der Waals surface area (Å²) in [5.74, 6) is 0. The van der Waals surface area contributed by atoms with Crippen molar-refractivity contribution in [1.29, 1.82) is 0 Å². The average molecular weight is 484 g/mol. The summed E-state index contributed by atoms with van der Waals surface area (Å²) < 4.78 is 0.914. The zero-order chi connectivity index (χ0) is 18.5. The Morgan fingerprint density at radius 2 is 1.58 bits per heavy atom. The third-order valence-corrected chi connectivity index (χ3v) is 5.70. The Morgan fingerprint density at radius 3 is 2.31 bits per heavy atom. The van der Waals surface area contributed by atoms with Gasteiger partial charge in [0, 0.05) is 19.3 Å². The summed E-state index contributed by atoms with van der Waals surface area (Å²) in [4.78, 5) is 2.15. The molecule has 2 nitrogen and oxygen atoms in total. The van der Waals surface area contributed by atoms with Gasteiger partial charge in [0.05, 0.1) is 16.4 Å². The highest BCUT2D eigenvalue weighted by Crippen LogP contribution is 2.34. The second kappa shape index (κ2) is 9.11. The molecule has 0 aliphatic carbocycles. The van der Waals surface area contributed by atoms with Crippen LogP contribution in [-0.2, 0) is 0 Å². The third-order valence-electron chi connectivity index (χ3n) is 3.36. The maximum Gasteiger partial charge on any atom is 0.175 e. The van der Waals surface area contributed by atoms with Gasteiger partial charge in [-0.05, 0) is 66.8 Å². The van der Waals surface area contributed by atoms with Gasteiger partial charge in [0.2, 0.25) is 0 Å². The fourth-order valence-electron chi connectivity index (χ4n) is 2.16. The fraction of sp³-hybridized carbons (Fsp3) is 0. The van der Waals surface area contributed by atoms with E-state index in [-0.39, 0.29) is 0 Å². The molecule has 3 aromatic carbocycles. The van der Waals surface area contributed by atoms with Crippen LogP contribution < -0.4 is 10.6 Å². The number of nitrogens with one attached hydrogen (secondary N) is 2. The van der Waals surface area contributed by atoms with Gasteiger partial charge in [-0.2, -0.15) is 0 Å². The summed E-state index contributed by atoms with van der Waals surface area (Å²) in [6.45, 7) is 0. The first-order valence-electron chi connectivity index (χ1n) is 7.57. The highest BCUT2D eigenvalue weighted by molar-refractivity contribution is 9.10. The quantitative estimate of drug-likeness (QED) is 0.371. The van der Waals surface area contributed by atoms with Gasteiger partial charge in [0.25, 0.3) is 0 Å². The van der Waals surface area contributed by atoms with E-state index in [4.69, 9.17) is 35.4 Å². The topological polar surface area (TPSA) is 24.1 Å². The zero-order valence-electron chi connectivity index (χ0n) is 13.3. The molecule has 0 heterocycles. The molecular weight excluding hydrogens is 471 g/mol. The van der Waals surface area contributed by atoms with Crippen LogP contribution in [0.15, 0.2) is 81.0 Å². The third kappa shape index (κ3) is 5.38. The lowest BCUT2D eigenvalue weighted by Crippen LogP contribution is -2.19. The van der Waals surface area contributed by atoms with Crippen LogP contribution in [0.5, 0.6) is 0 Å². The van der Waals surface area contributed by atoms with Crippen molar-refractivity contribution >= 4 is 79.6 Å². The van der Waals surface area contributed by atoms with Crippen molar-refractivity contribution in [2.75, 3.05) is 10.6 Å². The second-order valence-electron chi connectivity index (χ2n) is 5.26. The zero-order valence-corrected chi connectivity index (χ0v) is 18.0. The molecule has 0 spiro atoms. The number of rotatable bonds is 4. The van der Waals surface area contributed by atoms with Crippen LogP contribution in [0.1, 0.15) is 0 Å². The first-order chi connectivity index (χ1) is 12.5. The Balaban J connectivity index is 1.73. The van der Waals surface area contributed by atoms with Crippen LogP contribution in [0, 0.1) is 0 Å². The van der Waals surface area contributed by atoms with E-state index in [1.165, 1.54) is 0 Å². The van der Waals surface area contributed by atoms with Gasteiger partial charge in [-0.3, -0.25) is 0 Å². The van der Waals surface area contributed by atoms with E-state index in [1.54, 1.807) is 11.8 Å². The molecule has 0 aliphatic rings. The molecule has 3 aromatic rings. The molecule has 26 heavy (non-hydrogen) atoms. The van der Waals surface area contributed by atoms with E-state index in [1.807, 2.05) is 66.7 Å². The van der Waals surface area contributed by atoms with Crippen molar-refractivity contribution in [2.24, 2.45) is 0 Å². The average Bonchev–Trinajstić information content (AvgIpc) is 2.61. The number of anilines is 2. The molecule has 0 atom stereocenters. The Labute approximate surface area is 180 Å². The molecule has 0 bridgehead atoms. The van der Waals surface area contributed by atoms with Gasteiger partial charge in [0.1, 0.15) is 0 Å². The maximum atomic E-state index is 6.23. The Kier molecular flexibility index (Phi) is 6.84. The molecule has 0 saturated heterocycles. The van der Waals surface area contributed by atoms with Crippen molar-refractivity contribution in [3.8, 4) is 0 Å².